The molecule has 0 unspecified atom stereocenters. The molecule has 0 heterocycles. The van der Waals surface area contributed by atoms with Crippen molar-refractivity contribution in [3.63, 3.8) is 0 Å². The molecule has 0 spiro atoms. The van der Waals surface area contributed by atoms with Crippen LogP contribution in [-0.4, -0.2) is 41.5 Å². The zero-order chi connectivity index (χ0) is 13.2. The summed E-state index contributed by atoms with van der Waals surface area (Å²) in [5.41, 5.74) is 0.382. The summed E-state index contributed by atoms with van der Waals surface area (Å²) in [6.07, 6.45) is 0. The second kappa shape index (κ2) is 10.5. The van der Waals surface area contributed by atoms with Gasteiger partial charge in [0.15, 0.2) is 0 Å². The van der Waals surface area contributed by atoms with Gasteiger partial charge in [-0.3, -0.25) is 4.79 Å². The molecule has 4 heteroatoms. The number of ether oxygens (including phenoxy) is 1. The molecule has 0 saturated heterocycles. The molecular formula is C15H15NaO3. The van der Waals surface area contributed by atoms with E-state index in [4.69, 9.17) is 0 Å². The molecule has 94 valence electrons. The van der Waals surface area contributed by atoms with Crippen LogP contribution in [0, 0.1) is 0 Å². The Bertz CT molecular complexity index is 457. The summed E-state index contributed by atoms with van der Waals surface area (Å²) in [4.78, 5) is 21.4. The molecule has 2 aromatic carbocycles. The van der Waals surface area contributed by atoms with Gasteiger partial charge in [0.1, 0.15) is 0 Å². The molecule has 2 aromatic rings. The van der Waals surface area contributed by atoms with Gasteiger partial charge in [-0.2, -0.15) is 0 Å². The number of hydrogen-bond acceptors (Lipinski definition) is 3. The van der Waals surface area contributed by atoms with Gasteiger partial charge in [0.25, 0.3) is 0 Å². The van der Waals surface area contributed by atoms with Crippen molar-refractivity contribution in [3.05, 3.63) is 72.3 Å². The molecule has 0 fully saturated rings. The van der Waals surface area contributed by atoms with E-state index in [-0.39, 0.29) is 29.6 Å². The summed E-state index contributed by atoms with van der Waals surface area (Å²) in [5, 5.41) is 0. The van der Waals surface area contributed by atoms with E-state index in [1.165, 1.54) is 6.92 Å². The number of carbonyl (C=O) groups excluding carboxylic acids is 2. The Morgan fingerprint density at radius 1 is 0.789 bits per heavy atom. The Kier molecular flexibility index (Phi) is 9.71. The molecule has 0 radical (unpaired) electrons. The number of benzene rings is 2. The third-order valence-electron chi connectivity index (χ3n) is 1.91. The van der Waals surface area contributed by atoms with Crippen LogP contribution in [0.1, 0.15) is 17.3 Å². The van der Waals surface area contributed by atoms with Crippen LogP contribution in [0.15, 0.2) is 66.7 Å². The number of esters is 2. The van der Waals surface area contributed by atoms with Crippen LogP contribution < -0.4 is 0 Å². The van der Waals surface area contributed by atoms with E-state index in [0.29, 0.717) is 5.56 Å². The molecule has 0 amide bonds. The van der Waals surface area contributed by atoms with Gasteiger partial charge in [0.2, 0.25) is 0 Å². The molecule has 0 aliphatic rings. The maximum Gasteiger partial charge on any atom is -0.0623 e. The molecular weight excluding hydrogens is 251 g/mol. The van der Waals surface area contributed by atoms with Gasteiger partial charge in [0.05, 0.1) is 5.56 Å². The second-order valence-electron chi connectivity index (χ2n) is 3.40. The van der Waals surface area contributed by atoms with Crippen LogP contribution in [0.2, 0.25) is 0 Å². The summed E-state index contributed by atoms with van der Waals surface area (Å²) in [6, 6.07) is 20.4. The number of rotatable bonds is 1. The van der Waals surface area contributed by atoms with Crippen LogP contribution in [-0.2, 0) is 9.53 Å². The normalized spacial score (nSPS) is 8.26. The minimum atomic E-state index is -0.608. The quantitative estimate of drug-likeness (QED) is 0.452. The molecule has 0 bridgehead atoms. The fraction of sp³-hybridized carbons (Fsp3) is 0.0667. The second-order valence-corrected chi connectivity index (χ2v) is 3.40. The van der Waals surface area contributed by atoms with E-state index in [1.807, 2.05) is 36.4 Å². The van der Waals surface area contributed by atoms with E-state index in [0.717, 1.165) is 0 Å². The molecule has 0 saturated carbocycles. The van der Waals surface area contributed by atoms with Gasteiger partial charge in [-0.25, -0.2) is 4.79 Å². The minimum Gasteiger partial charge on any atom is -0.0623 e. The Hall–Kier alpha value is -1.42. The molecule has 0 aliphatic carbocycles. The predicted octanol–water partition coefficient (Wildman–Crippen LogP) is 2.43. The first-order chi connectivity index (χ1) is 8.70. The topological polar surface area (TPSA) is 43.4 Å². The summed E-state index contributed by atoms with van der Waals surface area (Å²) in [7, 11) is 0. The van der Waals surface area contributed by atoms with Crippen molar-refractivity contribution in [2.24, 2.45) is 0 Å². The molecule has 0 aromatic heterocycles. The van der Waals surface area contributed by atoms with Gasteiger partial charge in [-0.1, -0.05) is 54.6 Å². The average molecular weight is 266 g/mol. The average Bonchev–Trinajstić information content (AvgIpc) is 2.42. The van der Waals surface area contributed by atoms with E-state index in [9.17, 15) is 9.59 Å². The third-order valence-corrected chi connectivity index (χ3v) is 1.91. The first-order valence-electron chi connectivity index (χ1n) is 5.48. The van der Waals surface area contributed by atoms with Crippen molar-refractivity contribution < 1.29 is 14.3 Å². The number of carbonyl (C=O) groups is 2. The zero-order valence-corrected chi connectivity index (χ0v) is 10.1. The molecule has 0 atom stereocenters. The molecule has 0 N–H and O–H groups in total. The van der Waals surface area contributed by atoms with Gasteiger partial charge in [0, 0.05) is 6.92 Å². The Morgan fingerprint density at radius 2 is 1.16 bits per heavy atom. The first-order valence-corrected chi connectivity index (χ1v) is 5.48. The van der Waals surface area contributed by atoms with Crippen molar-refractivity contribution in [1.82, 2.24) is 0 Å². The first kappa shape index (κ1) is 17.6. The van der Waals surface area contributed by atoms with E-state index in [2.05, 4.69) is 4.74 Å². The monoisotopic (exact) mass is 266 g/mol. The third kappa shape index (κ3) is 8.32. The van der Waals surface area contributed by atoms with Gasteiger partial charge in [-0.15, -0.1) is 0 Å². The van der Waals surface area contributed by atoms with Crippen LogP contribution in [0.5, 0.6) is 0 Å². The van der Waals surface area contributed by atoms with Gasteiger partial charge < -0.3 is 4.74 Å². The fourth-order valence-electron chi connectivity index (χ4n) is 1.15. The Labute approximate surface area is 134 Å². The van der Waals surface area contributed by atoms with Crippen molar-refractivity contribution in [2.45, 2.75) is 6.92 Å². The Balaban J connectivity index is 0.000000392. The van der Waals surface area contributed by atoms with Gasteiger partial charge in [-0.05, 0) is 12.1 Å². The van der Waals surface area contributed by atoms with Crippen molar-refractivity contribution in [2.75, 3.05) is 0 Å². The van der Waals surface area contributed by atoms with Crippen molar-refractivity contribution in [3.8, 4) is 0 Å². The van der Waals surface area contributed by atoms with Crippen LogP contribution >= 0.6 is 0 Å². The minimum absolute atomic E-state index is 0. The molecule has 2 rings (SSSR count). The van der Waals surface area contributed by atoms with E-state index in [1.54, 1.807) is 30.3 Å². The van der Waals surface area contributed by atoms with Crippen LogP contribution in [0.3, 0.4) is 0 Å². The van der Waals surface area contributed by atoms with Crippen LogP contribution in [0.25, 0.3) is 0 Å². The molecule has 0 aliphatic heterocycles. The molecule has 3 nitrogen and oxygen atoms in total. The van der Waals surface area contributed by atoms with Crippen LogP contribution in [0.4, 0.5) is 0 Å². The standard InChI is InChI=1S/C9H8O3.C6H6.Na.H/c1-7(10)12-9(11)8-5-3-2-4-6-8;1-2-4-6-5-3-1;;/h2-6H,1H3;1-6H;;. The van der Waals surface area contributed by atoms with E-state index >= 15 is 0 Å². The smallest absolute Gasteiger partial charge is 0.0623 e. The molecule has 19 heavy (non-hydrogen) atoms. The predicted molar refractivity (Wildman–Crippen MR) is 76.1 cm³/mol. The maximum absolute atomic E-state index is 11.0. The fourth-order valence-corrected chi connectivity index (χ4v) is 1.15. The van der Waals surface area contributed by atoms with Gasteiger partial charge >= 0.3 is 41.5 Å². The van der Waals surface area contributed by atoms with Crippen molar-refractivity contribution in [1.29, 1.82) is 0 Å². The van der Waals surface area contributed by atoms with E-state index < -0.39 is 11.9 Å². The summed E-state index contributed by atoms with van der Waals surface area (Å²) in [5.74, 6) is -1.20. The maximum atomic E-state index is 11.0. The summed E-state index contributed by atoms with van der Waals surface area (Å²) >= 11 is 0. The number of hydrogen-bond donors (Lipinski definition) is 0. The largest absolute Gasteiger partial charge is 0.0623 e. The van der Waals surface area contributed by atoms with Crippen molar-refractivity contribution >= 4 is 41.5 Å². The zero-order valence-electron chi connectivity index (χ0n) is 10.1. The Morgan fingerprint density at radius 3 is 1.53 bits per heavy atom. The summed E-state index contributed by atoms with van der Waals surface area (Å²) in [6.45, 7) is 1.20. The SMILES string of the molecule is CC(=O)OC(=O)c1ccccc1.[NaH].c1ccccc1. The summed E-state index contributed by atoms with van der Waals surface area (Å²) < 4.78 is 4.36.